The van der Waals surface area contributed by atoms with Crippen molar-refractivity contribution in [2.24, 2.45) is 0 Å². The number of rotatable bonds is 9. The van der Waals surface area contributed by atoms with Crippen LogP contribution in [0.15, 0.2) is 12.7 Å². The van der Waals surface area contributed by atoms with Gasteiger partial charge < -0.3 is 25.5 Å². The summed E-state index contributed by atoms with van der Waals surface area (Å²) in [6, 6.07) is 0. The Morgan fingerprint density at radius 1 is 1.00 bits per heavy atom. The Hall–Kier alpha value is -0.950. The molecule has 0 rings (SSSR count). The van der Waals surface area contributed by atoms with E-state index in [2.05, 4.69) is 20.4 Å². The van der Waals surface area contributed by atoms with Crippen LogP contribution in [-0.4, -0.2) is 56.9 Å². The summed E-state index contributed by atoms with van der Waals surface area (Å²) < 4.78 is 0. The van der Waals surface area contributed by atoms with Crippen LogP contribution in [0.5, 0.6) is 0 Å². The second kappa shape index (κ2) is 21.4. The van der Waals surface area contributed by atoms with Gasteiger partial charge in [-0.3, -0.25) is 0 Å². The standard InChI is InChI=1S/2C6H14O2.C3H4O2/c2*1-2-3-4-6(8)5-7;1-2-3(4)5/h2*6-8H,2-5H2,1H3;2H,1H2,(H,4,5). The van der Waals surface area contributed by atoms with Crippen LogP contribution >= 0.6 is 0 Å². The van der Waals surface area contributed by atoms with Crippen LogP contribution in [0.4, 0.5) is 0 Å². The molecule has 0 bridgehead atoms. The fourth-order valence-corrected chi connectivity index (χ4v) is 1.06. The molecular formula is C15H32O6. The van der Waals surface area contributed by atoms with Gasteiger partial charge in [0.15, 0.2) is 0 Å². The van der Waals surface area contributed by atoms with Gasteiger partial charge in [-0.2, -0.15) is 0 Å². The Bertz CT molecular complexity index is 206. The molecule has 5 N–H and O–H groups in total. The number of carboxylic acid groups (broad SMARTS) is 1. The van der Waals surface area contributed by atoms with Crippen LogP contribution < -0.4 is 0 Å². The maximum Gasteiger partial charge on any atom is 0.327 e. The highest BCUT2D eigenvalue weighted by Crippen LogP contribution is 1.98. The van der Waals surface area contributed by atoms with Gasteiger partial charge in [0.1, 0.15) is 0 Å². The lowest BCUT2D eigenvalue weighted by molar-refractivity contribution is -0.131. The first-order valence-corrected chi connectivity index (χ1v) is 7.32. The number of carboxylic acids is 1. The van der Waals surface area contributed by atoms with Crippen molar-refractivity contribution in [3.05, 3.63) is 12.7 Å². The topological polar surface area (TPSA) is 118 Å². The van der Waals surface area contributed by atoms with E-state index in [1.165, 1.54) is 0 Å². The van der Waals surface area contributed by atoms with Crippen molar-refractivity contribution < 1.29 is 30.3 Å². The van der Waals surface area contributed by atoms with Crippen molar-refractivity contribution in [2.75, 3.05) is 13.2 Å². The van der Waals surface area contributed by atoms with E-state index in [-0.39, 0.29) is 13.2 Å². The van der Waals surface area contributed by atoms with Gasteiger partial charge in [0.2, 0.25) is 0 Å². The molecule has 0 heterocycles. The van der Waals surface area contributed by atoms with Crippen molar-refractivity contribution in [1.82, 2.24) is 0 Å². The summed E-state index contributed by atoms with van der Waals surface area (Å²) in [6.45, 7) is 6.89. The minimum atomic E-state index is -0.981. The van der Waals surface area contributed by atoms with E-state index in [1.54, 1.807) is 0 Å². The molecule has 0 spiro atoms. The number of aliphatic hydroxyl groups excluding tert-OH is 4. The van der Waals surface area contributed by atoms with Gasteiger partial charge >= 0.3 is 5.97 Å². The highest BCUT2D eigenvalue weighted by molar-refractivity contribution is 5.78. The lowest BCUT2D eigenvalue weighted by Gasteiger charge is -2.02. The van der Waals surface area contributed by atoms with Gasteiger partial charge in [0.25, 0.3) is 0 Å². The summed E-state index contributed by atoms with van der Waals surface area (Å²) >= 11 is 0. The first-order valence-electron chi connectivity index (χ1n) is 7.32. The summed E-state index contributed by atoms with van der Waals surface area (Å²) in [5.41, 5.74) is 0. The van der Waals surface area contributed by atoms with Crippen LogP contribution in [0.3, 0.4) is 0 Å². The third-order valence-corrected chi connectivity index (χ3v) is 2.38. The number of unbranched alkanes of at least 4 members (excludes halogenated alkanes) is 2. The van der Waals surface area contributed by atoms with Gasteiger partial charge in [-0.25, -0.2) is 4.79 Å². The first-order chi connectivity index (χ1) is 9.89. The Morgan fingerprint density at radius 3 is 1.43 bits per heavy atom. The molecule has 0 aromatic carbocycles. The maximum atomic E-state index is 9.25. The Morgan fingerprint density at radius 2 is 1.29 bits per heavy atom. The molecule has 0 aromatic heterocycles. The third kappa shape index (κ3) is 32.5. The molecular weight excluding hydrogens is 276 g/mol. The van der Waals surface area contributed by atoms with E-state index < -0.39 is 18.2 Å². The highest BCUT2D eigenvalue weighted by atomic mass is 16.4. The predicted molar refractivity (Wildman–Crippen MR) is 83.1 cm³/mol. The van der Waals surface area contributed by atoms with E-state index in [4.69, 9.17) is 25.5 Å². The molecule has 2 unspecified atom stereocenters. The Labute approximate surface area is 127 Å². The lowest BCUT2D eigenvalue weighted by atomic mass is 10.2. The van der Waals surface area contributed by atoms with Crippen molar-refractivity contribution in [1.29, 1.82) is 0 Å². The number of aliphatic hydroxyl groups is 4. The van der Waals surface area contributed by atoms with Gasteiger partial charge in [-0.1, -0.05) is 46.1 Å². The molecule has 0 aliphatic heterocycles. The van der Waals surface area contributed by atoms with E-state index in [1.807, 2.05) is 0 Å². The number of carbonyl (C=O) groups is 1. The molecule has 6 heteroatoms. The van der Waals surface area contributed by atoms with Crippen LogP contribution in [0, 0.1) is 0 Å². The molecule has 0 radical (unpaired) electrons. The molecule has 0 amide bonds. The summed E-state index contributed by atoms with van der Waals surface area (Å²) in [7, 11) is 0. The molecule has 2 atom stereocenters. The van der Waals surface area contributed by atoms with Crippen molar-refractivity contribution >= 4 is 5.97 Å². The average molecular weight is 308 g/mol. The molecule has 0 saturated carbocycles. The summed E-state index contributed by atoms with van der Waals surface area (Å²) in [6.07, 6.45) is 5.47. The molecule has 0 saturated heterocycles. The van der Waals surface area contributed by atoms with E-state index in [0.717, 1.165) is 44.6 Å². The minimum absolute atomic E-state index is 0.0972. The second-order valence-corrected chi connectivity index (χ2v) is 4.50. The molecule has 0 aliphatic carbocycles. The van der Waals surface area contributed by atoms with Gasteiger partial charge in [-0.15, -0.1) is 0 Å². The number of hydrogen-bond donors (Lipinski definition) is 5. The van der Waals surface area contributed by atoms with Gasteiger partial charge in [0.05, 0.1) is 25.4 Å². The maximum absolute atomic E-state index is 9.25. The van der Waals surface area contributed by atoms with Crippen molar-refractivity contribution in [3.63, 3.8) is 0 Å². The second-order valence-electron chi connectivity index (χ2n) is 4.50. The molecule has 0 fully saturated rings. The third-order valence-electron chi connectivity index (χ3n) is 2.38. The zero-order valence-electron chi connectivity index (χ0n) is 13.2. The monoisotopic (exact) mass is 308 g/mol. The summed E-state index contributed by atoms with van der Waals surface area (Å²) in [5.74, 6) is -0.981. The minimum Gasteiger partial charge on any atom is -0.478 e. The van der Waals surface area contributed by atoms with Crippen LogP contribution in [0.25, 0.3) is 0 Å². The molecule has 21 heavy (non-hydrogen) atoms. The number of aliphatic carboxylic acids is 1. The summed E-state index contributed by atoms with van der Waals surface area (Å²) in [4.78, 5) is 9.25. The van der Waals surface area contributed by atoms with Gasteiger partial charge in [0, 0.05) is 6.08 Å². The van der Waals surface area contributed by atoms with Crippen LogP contribution in [0.1, 0.15) is 52.4 Å². The highest BCUT2D eigenvalue weighted by Gasteiger charge is 1.98. The van der Waals surface area contributed by atoms with Crippen LogP contribution in [0.2, 0.25) is 0 Å². The SMILES string of the molecule is C=CC(=O)O.CCCCC(O)CO.CCCCC(O)CO. The Kier molecular flexibility index (Phi) is 25.4. The Balaban J connectivity index is -0.000000239. The molecule has 0 aliphatic rings. The normalized spacial score (nSPS) is 12.1. The van der Waals surface area contributed by atoms with E-state index in [9.17, 15) is 4.79 Å². The smallest absolute Gasteiger partial charge is 0.327 e. The molecule has 6 nitrogen and oxygen atoms in total. The predicted octanol–water partition coefficient (Wildman–Crippen LogP) is 1.32. The zero-order valence-corrected chi connectivity index (χ0v) is 13.2. The molecule has 128 valence electrons. The fourth-order valence-electron chi connectivity index (χ4n) is 1.06. The van der Waals surface area contributed by atoms with Crippen LogP contribution in [-0.2, 0) is 4.79 Å². The quantitative estimate of drug-likeness (QED) is 0.410. The van der Waals surface area contributed by atoms with E-state index in [0.29, 0.717) is 0 Å². The van der Waals surface area contributed by atoms with E-state index >= 15 is 0 Å². The number of hydrogen-bond acceptors (Lipinski definition) is 5. The average Bonchev–Trinajstić information content (AvgIpc) is 2.51. The summed E-state index contributed by atoms with van der Waals surface area (Å²) in [5, 5.41) is 41.7. The van der Waals surface area contributed by atoms with Crippen molar-refractivity contribution in [2.45, 2.75) is 64.6 Å². The largest absolute Gasteiger partial charge is 0.478 e. The zero-order chi connectivity index (χ0) is 17.1. The first kappa shape index (κ1) is 25.0. The molecule has 0 aromatic rings. The lowest BCUT2D eigenvalue weighted by Crippen LogP contribution is -2.10. The fraction of sp³-hybridized carbons (Fsp3) is 0.800. The van der Waals surface area contributed by atoms with Crippen molar-refractivity contribution in [3.8, 4) is 0 Å². The van der Waals surface area contributed by atoms with Gasteiger partial charge in [-0.05, 0) is 12.8 Å².